The third-order valence-corrected chi connectivity index (χ3v) is 7.97. The van der Waals surface area contributed by atoms with Gasteiger partial charge in [-0.1, -0.05) is 6.07 Å². The Morgan fingerprint density at radius 2 is 1.85 bits per heavy atom. The zero-order chi connectivity index (χ0) is 28.4. The van der Waals surface area contributed by atoms with Gasteiger partial charge >= 0.3 is 0 Å². The van der Waals surface area contributed by atoms with E-state index in [2.05, 4.69) is 4.98 Å². The van der Waals surface area contributed by atoms with Crippen molar-refractivity contribution in [1.29, 1.82) is 0 Å². The molecule has 3 aliphatic rings. The largest absolute Gasteiger partial charge is 0.508 e. The molecular formula is C28H27N3O8. The Morgan fingerprint density at radius 3 is 2.46 bits per heavy atom. The molecule has 0 unspecified atom stereocenters. The molecule has 3 aliphatic carbocycles. The van der Waals surface area contributed by atoms with Crippen LogP contribution in [-0.2, 0) is 27.2 Å². The van der Waals surface area contributed by atoms with Crippen molar-refractivity contribution >= 4 is 29.0 Å². The third-order valence-electron chi connectivity index (χ3n) is 7.97. The molecule has 1 heterocycles. The summed E-state index contributed by atoms with van der Waals surface area (Å²) < 4.78 is 0. The number of nitrogens with two attached hydrogens (primary N) is 1. The molecule has 2 aromatic rings. The number of nitrogens with zero attached hydrogens (tertiary/aromatic N) is 2. The average Bonchev–Trinajstić information content (AvgIpc) is 2.86. The molecule has 0 bridgehead atoms. The summed E-state index contributed by atoms with van der Waals surface area (Å²) in [4.78, 5) is 58.0. The molecule has 0 aliphatic heterocycles. The predicted molar refractivity (Wildman–Crippen MR) is 137 cm³/mol. The number of likely N-dealkylation sites (N-methyl/N-ethyl adjacent to an activating group) is 1. The Balaban J connectivity index is 1.66. The van der Waals surface area contributed by atoms with Crippen molar-refractivity contribution in [3.8, 4) is 5.75 Å². The van der Waals surface area contributed by atoms with Crippen LogP contribution in [0.2, 0.25) is 0 Å². The maximum absolute atomic E-state index is 13.9. The van der Waals surface area contributed by atoms with Crippen molar-refractivity contribution in [3.63, 3.8) is 0 Å². The number of amides is 1. The first-order valence-corrected chi connectivity index (χ1v) is 12.3. The van der Waals surface area contributed by atoms with E-state index in [1.807, 2.05) is 0 Å². The van der Waals surface area contributed by atoms with Gasteiger partial charge < -0.3 is 26.2 Å². The van der Waals surface area contributed by atoms with Gasteiger partial charge in [-0.25, -0.2) is 0 Å². The number of ketones is 3. The van der Waals surface area contributed by atoms with Crippen LogP contribution in [-0.4, -0.2) is 79.3 Å². The lowest BCUT2D eigenvalue weighted by molar-refractivity contribution is -0.153. The van der Waals surface area contributed by atoms with Crippen LogP contribution < -0.4 is 5.73 Å². The van der Waals surface area contributed by atoms with Crippen molar-refractivity contribution in [2.45, 2.75) is 30.9 Å². The lowest BCUT2D eigenvalue weighted by atomic mass is 9.57. The summed E-state index contributed by atoms with van der Waals surface area (Å²) in [5, 5.41) is 44.5. The summed E-state index contributed by atoms with van der Waals surface area (Å²) >= 11 is 0. The Labute approximate surface area is 222 Å². The zero-order valence-corrected chi connectivity index (χ0v) is 21.2. The van der Waals surface area contributed by atoms with Crippen molar-refractivity contribution in [3.05, 3.63) is 75.8 Å². The number of pyridine rings is 1. The highest BCUT2D eigenvalue weighted by atomic mass is 16.3. The van der Waals surface area contributed by atoms with Crippen LogP contribution in [0.15, 0.2) is 53.4 Å². The van der Waals surface area contributed by atoms with Crippen LogP contribution in [0.1, 0.15) is 33.6 Å². The van der Waals surface area contributed by atoms with E-state index in [0.29, 0.717) is 11.3 Å². The van der Waals surface area contributed by atoms with Gasteiger partial charge in [0.1, 0.15) is 22.8 Å². The normalized spacial score (nSPS) is 26.3. The number of aromatic nitrogens is 1. The number of primary amides is 1. The molecule has 6 N–H and O–H groups in total. The average molecular weight is 534 g/mol. The number of Topliss-reactive ketones (excluding diaryl/α,β-unsaturated/α-hetero) is 3. The number of aliphatic hydroxyl groups excluding tert-OH is 2. The van der Waals surface area contributed by atoms with E-state index in [4.69, 9.17) is 5.73 Å². The van der Waals surface area contributed by atoms with Crippen molar-refractivity contribution < 1.29 is 39.6 Å². The Hall–Kier alpha value is -4.35. The third kappa shape index (κ3) is 3.76. The van der Waals surface area contributed by atoms with Gasteiger partial charge in [-0.3, -0.25) is 29.1 Å². The maximum atomic E-state index is 13.9. The summed E-state index contributed by atoms with van der Waals surface area (Å²) in [6, 6.07) is 6.66. The number of carbonyl (C=O) groups is 4. The Morgan fingerprint density at radius 1 is 1.13 bits per heavy atom. The highest BCUT2D eigenvalue weighted by Crippen LogP contribution is 2.53. The second-order valence-electron chi connectivity index (χ2n) is 10.4. The molecule has 4 atom stereocenters. The second-order valence-corrected chi connectivity index (χ2v) is 10.4. The second kappa shape index (κ2) is 9.14. The number of phenols is 1. The number of aliphatic hydroxyl groups is 3. The zero-order valence-electron chi connectivity index (χ0n) is 21.2. The summed E-state index contributed by atoms with van der Waals surface area (Å²) in [7, 11) is 3.06. The van der Waals surface area contributed by atoms with Crippen LogP contribution in [0.5, 0.6) is 5.75 Å². The fourth-order valence-corrected chi connectivity index (χ4v) is 6.27. The van der Waals surface area contributed by atoms with E-state index >= 15 is 0 Å². The minimum atomic E-state index is -2.72. The SMILES string of the molecule is CN(C)[C@H]1C(=O)C(C(N)=O)=C(O)[C@@]2(O)C(=O)C3=C(O)c4c(O)ccc(C(=O)Cc5ccccn5)c4C[C@@H]3C[C@H]12. The molecule has 1 aromatic carbocycles. The number of hydrogen-bond donors (Lipinski definition) is 5. The molecule has 1 saturated carbocycles. The van der Waals surface area contributed by atoms with Crippen LogP contribution in [0.4, 0.5) is 0 Å². The van der Waals surface area contributed by atoms with Crippen LogP contribution >= 0.6 is 0 Å². The van der Waals surface area contributed by atoms with Crippen LogP contribution in [0.25, 0.3) is 5.76 Å². The number of rotatable bonds is 5. The Kier molecular flexibility index (Phi) is 6.15. The fourth-order valence-electron chi connectivity index (χ4n) is 6.27. The van der Waals surface area contributed by atoms with Gasteiger partial charge in [0.15, 0.2) is 17.2 Å². The van der Waals surface area contributed by atoms with Crippen molar-refractivity contribution in [2.24, 2.45) is 17.6 Å². The number of aromatic hydroxyl groups is 1. The van der Waals surface area contributed by atoms with Gasteiger partial charge in [0, 0.05) is 28.9 Å². The van der Waals surface area contributed by atoms with E-state index < -0.39 is 58.0 Å². The standard InChI is InChI=1S/C28H27N3O8/c1-31(2)22-16-10-12-9-15-14(18(33)11-13-5-3-4-8-30-13)6-7-17(32)20(15)23(34)19(12)25(36)28(16,39)26(37)21(24(22)35)27(29)38/h3-8,12,16,22,32,34,37,39H,9-11H2,1-2H3,(H2,29,38)/t12-,16-,22-,28+/m1/s1. The topological polar surface area (TPSA) is 191 Å². The molecule has 1 amide bonds. The van der Waals surface area contributed by atoms with E-state index in [1.165, 1.54) is 31.1 Å². The first kappa shape index (κ1) is 26.3. The number of fused-ring (bicyclic) bond motifs is 3. The van der Waals surface area contributed by atoms with E-state index in [-0.39, 0.29) is 47.5 Å². The highest BCUT2D eigenvalue weighted by Gasteiger charge is 2.64. The van der Waals surface area contributed by atoms with Gasteiger partial charge in [-0.15, -0.1) is 0 Å². The monoisotopic (exact) mass is 533 g/mol. The molecule has 0 radical (unpaired) electrons. The first-order valence-electron chi connectivity index (χ1n) is 12.3. The molecule has 0 spiro atoms. The van der Waals surface area contributed by atoms with Gasteiger partial charge in [0.2, 0.25) is 5.78 Å². The molecule has 1 fully saturated rings. The maximum Gasteiger partial charge on any atom is 0.255 e. The molecule has 202 valence electrons. The predicted octanol–water partition coefficient (Wildman–Crippen LogP) is 0.784. The van der Waals surface area contributed by atoms with E-state index in [9.17, 15) is 39.6 Å². The van der Waals surface area contributed by atoms with Crippen LogP contribution in [0, 0.1) is 11.8 Å². The molecular weight excluding hydrogens is 506 g/mol. The lowest BCUT2D eigenvalue weighted by Crippen LogP contribution is -2.65. The summed E-state index contributed by atoms with van der Waals surface area (Å²) in [5.41, 5.74) is 2.42. The van der Waals surface area contributed by atoms with Gasteiger partial charge in [-0.05, 0) is 62.7 Å². The van der Waals surface area contributed by atoms with Crippen molar-refractivity contribution in [1.82, 2.24) is 9.88 Å². The first-order chi connectivity index (χ1) is 18.4. The molecule has 39 heavy (non-hydrogen) atoms. The molecule has 5 rings (SSSR count). The van der Waals surface area contributed by atoms with Crippen LogP contribution in [0.3, 0.4) is 0 Å². The number of benzene rings is 1. The minimum Gasteiger partial charge on any atom is -0.508 e. The fraction of sp³-hybridized carbons (Fsp3) is 0.321. The number of carbonyl (C=O) groups excluding carboxylic acids is 4. The summed E-state index contributed by atoms with van der Waals surface area (Å²) in [6.45, 7) is 0. The molecule has 0 saturated heterocycles. The summed E-state index contributed by atoms with van der Waals surface area (Å²) in [5.74, 6) is -7.68. The molecule has 11 nitrogen and oxygen atoms in total. The number of hydrogen-bond acceptors (Lipinski definition) is 10. The Bertz CT molecular complexity index is 1510. The lowest BCUT2D eigenvalue weighted by Gasteiger charge is -2.50. The van der Waals surface area contributed by atoms with E-state index in [0.717, 1.165) is 0 Å². The van der Waals surface area contributed by atoms with Gasteiger partial charge in [-0.2, -0.15) is 0 Å². The molecule has 1 aromatic heterocycles. The molecule has 11 heteroatoms. The minimum absolute atomic E-state index is 0.0340. The van der Waals surface area contributed by atoms with E-state index in [1.54, 1.807) is 24.4 Å². The van der Waals surface area contributed by atoms with Gasteiger partial charge in [0.05, 0.1) is 18.0 Å². The summed E-state index contributed by atoms with van der Waals surface area (Å²) in [6.07, 6.45) is 1.50. The smallest absolute Gasteiger partial charge is 0.255 e. The highest BCUT2D eigenvalue weighted by molar-refractivity contribution is 6.24. The van der Waals surface area contributed by atoms with Crippen molar-refractivity contribution in [2.75, 3.05) is 14.1 Å². The number of phenolic OH excluding ortho intramolecular Hbond substituents is 1. The quantitative estimate of drug-likeness (QED) is 0.271. The van der Waals surface area contributed by atoms with Gasteiger partial charge in [0.25, 0.3) is 5.91 Å².